The van der Waals surface area contributed by atoms with Gasteiger partial charge >= 0.3 is 0 Å². The molecule has 0 aliphatic carbocycles. The van der Waals surface area contributed by atoms with Crippen LogP contribution in [0, 0.1) is 29.7 Å². The van der Waals surface area contributed by atoms with Crippen LogP contribution in [0.25, 0.3) is 0 Å². The van der Waals surface area contributed by atoms with Crippen LogP contribution in [0.2, 0.25) is 0 Å². The third-order valence-corrected chi connectivity index (χ3v) is 0. The second-order valence-corrected chi connectivity index (χ2v) is 1.41. The standard InChI is InChI=1S/2C3H8.2C2H6.4CH3.2Pd/c2*1-3-2;2*1-2;;;;;;/h2*3H2,1-2H3;2*1-2H3;4*1H3;;/q;;;;4*-1;;. The van der Waals surface area contributed by atoms with E-state index in [0.717, 1.165) is 0 Å². The summed E-state index contributed by atoms with van der Waals surface area (Å²) < 4.78 is 0. The first-order chi connectivity index (χ1) is 4.83. The summed E-state index contributed by atoms with van der Waals surface area (Å²) in [6.07, 6.45) is 2.50. The van der Waals surface area contributed by atoms with E-state index in [2.05, 4.69) is 27.7 Å². The van der Waals surface area contributed by atoms with Crippen molar-refractivity contribution in [3.8, 4) is 0 Å². The van der Waals surface area contributed by atoms with Crippen molar-refractivity contribution in [1.82, 2.24) is 0 Å². The van der Waals surface area contributed by atoms with Crippen LogP contribution in [0.15, 0.2) is 0 Å². The Morgan fingerprint density at radius 2 is 0.438 bits per heavy atom. The molecule has 0 atom stereocenters. The van der Waals surface area contributed by atoms with Gasteiger partial charge in [-0.25, -0.2) is 0 Å². The van der Waals surface area contributed by atoms with E-state index in [1.54, 1.807) is 0 Å². The van der Waals surface area contributed by atoms with Gasteiger partial charge in [-0.1, -0.05) is 68.2 Å². The zero-order valence-corrected chi connectivity index (χ0v) is 17.2. The van der Waals surface area contributed by atoms with Gasteiger partial charge in [0.15, 0.2) is 0 Å². The summed E-state index contributed by atoms with van der Waals surface area (Å²) in [6, 6.07) is 0. The monoisotopic (exact) mass is 420 g/mol. The molecule has 16 heavy (non-hydrogen) atoms. The molecule has 2 heteroatoms. The molecule has 0 saturated heterocycles. The fourth-order valence-corrected chi connectivity index (χ4v) is 0. The molecule has 0 amide bonds. The van der Waals surface area contributed by atoms with E-state index in [4.69, 9.17) is 0 Å². The summed E-state index contributed by atoms with van der Waals surface area (Å²) in [7, 11) is 0. The second-order valence-electron chi connectivity index (χ2n) is 1.41. The maximum absolute atomic E-state index is 2.12. The van der Waals surface area contributed by atoms with E-state index in [1.807, 2.05) is 27.7 Å². The molecule has 0 N–H and O–H groups in total. The Hall–Kier alpha value is 1.32. The van der Waals surface area contributed by atoms with Gasteiger partial charge in [0.1, 0.15) is 0 Å². The van der Waals surface area contributed by atoms with Crippen LogP contribution in [0.5, 0.6) is 0 Å². The Kier molecular flexibility index (Phi) is 1870. The molecule has 0 aromatic carbocycles. The molecule has 0 spiro atoms. The average Bonchev–Trinajstić information content (AvgIpc) is 1.99. The van der Waals surface area contributed by atoms with E-state index in [1.165, 1.54) is 12.8 Å². The molecule has 0 saturated carbocycles. The normalized spacial score (nSPS) is 3.00. The molecule has 0 aliphatic rings. The molecule has 0 aliphatic heterocycles. The van der Waals surface area contributed by atoms with Crippen molar-refractivity contribution in [2.24, 2.45) is 0 Å². The van der Waals surface area contributed by atoms with Crippen molar-refractivity contribution in [3.63, 3.8) is 0 Å². The van der Waals surface area contributed by atoms with Gasteiger partial charge in [0.2, 0.25) is 0 Å². The Balaban J connectivity index is -0.00000000338. The maximum atomic E-state index is 2.12. The average molecular weight is 421 g/mol. The second kappa shape index (κ2) is 347. The first-order valence-electron chi connectivity index (χ1n) is 4.83. The molecule has 0 aromatic heterocycles. The molecule has 0 heterocycles. The van der Waals surface area contributed by atoms with Gasteiger partial charge in [0.25, 0.3) is 0 Å². The largest absolute Gasteiger partial charge is 0.358 e. The minimum atomic E-state index is 0. The van der Waals surface area contributed by atoms with E-state index < -0.39 is 0 Å². The van der Waals surface area contributed by atoms with Crippen LogP contribution < -0.4 is 0 Å². The topological polar surface area (TPSA) is 0 Å². The quantitative estimate of drug-likeness (QED) is 0.302. The van der Waals surface area contributed by atoms with Crippen LogP contribution >= 0.6 is 0 Å². The van der Waals surface area contributed by atoms with Crippen molar-refractivity contribution < 1.29 is 40.8 Å². The van der Waals surface area contributed by atoms with Gasteiger partial charge in [0, 0.05) is 40.8 Å². The van der Waals surface area contributed by atoms with E-state index in [-0.39, 0.29) is 70.6 Å². The fourth-order valence-electron chi connectivity index (χ4n) is 0. The minimum absolute atomic E-state index is 0. The van der Waals surface area contributed by atoms with Gasteiger partial charge in [-0.05, 0) is 0 Å². The Labute approximate surface area is 138 Å². The van der Waals surface area contributed by atoms with Crippen molar-refractivity contribution in [3.05, 3.63) is 29.7 Å². The van der Waals surface area contributed by atoms with Crippen molar-refractivity contribution in [1.29, 1.82) is 0 Å². The Morgan fingerprint density at radius 1 is 0.438 bits per heavy atom. The first-order valence-corrected chi connectivity index (χ1v) is 4.83. The summed E-state index contributed by atoms with van der Waals surface area (Å²) in [4.78, 5) is 0. The molecule has 0 fully saturated rings. The maximum Gasteiger partial charge on any atom is 0 e. The predicted octanol–water partition coefficient (Wildman–Crippen LogP) is 6.68. The van der Waals surface area contributed by atoms with Crippen molar-refractivity contribution in [2.45, 2.75) is 68.2 Å². The SMILES string of the molecule is CC.CC.CCC.CCC.[CH3-].[CH3-].[CH3-].[CH3-].[Pd].[Pd]. The summed E-state index contributed by atoms with van der Waals surface area (Å²) in [5, 5.41) is 0. The molecule has 120 valence electrons. The van der Waals surface area contributed by atoms with Crippen LogP contribution in [0.4, 0.5) is 0 Å². The number of hydrogen-bond acceptors (Lipinski definition) is 0. The van der Waals surface area contributed by atoms with E-state index >= 15 is 0 Å². The van der Waals surface area contributed by atoms with Crippen LogP contribution in [0.1, 0.15) is 68.2 Å². The van der Waals surface area contributed by atoms with Crippen LogP contribution in [0.3, 0.4) is 0 Å². The molecule has 0 radical (unpaired) electrons. The van der Waals surface area contributed by atoms with Crippen molar-refractivity contribution >= 4 is 0 Å². The first kappa shape index (κ1) is 86.1. The molecule has 0 nitrogen and oxygen atoms in total. The van der Waals surface area contributed by atoms with Crippen LogP contribution in [-0.2, 0) is 40.8 Å². The van der Waals surface area contributed by atoms with Gasteiger partial charge in [-0.3, -0.25) is 0 Å². The molecular weight excluding hydrogens is 381 g/mol. The molecule has 0 bridgehead atoms. The van der Waals surface area contributed by atoms with Crippen molar-refractivity contribution in [2.75, 3.05) is 0 Å². The summed E-state index contributed by atoms with van der Waals surface area (Å²) in [5.41, 5.74) is 0. The summed E-state index contributed by atoms with van der Waals surface area (Å²) in [5.74, 6) is 0. The predicted molar refractivity (Wildman–Crippen MR) is 80.3 cm³/mol. The molecule has 0 unspecified atom stereocenters. The fraction of sp³-hybridized carbons (Fsp3) is 0.714. The Morgan fingerprint density at radius 3 is 0.438 bits per heavy atom. The third-order valence-electron chi connectivity index (χ3n) is 0. The molecular formula is C14H40Pd2-4. The summed E-state index contributed by atoms with van der Waals surface area (Å²) in [6.45, 7) is 16.5. The van der Waals surface area contributed by atoms with E-state index in [0.29, 0.717) is 0 Å². The number of hydrogen-bond donors (Lipinski definition) is 0. The van der Waals surface area contributed by atoms with Gasteiger partial charge < -0.3 is 29.7 Å². The Bertz CT molecular complexity index is 10.7. The molecule has 0 rings (SSSR count). The zero-order chi connectivity index (χ0) is 9.41. The van der Waals surface area contributed by atoms with Gasteiger partial charge in [-0.2, -0.15) is 0 Å². The molecule has 0 aromatic rings. The number of rotatable bonds is 0. The summed E-state index contributed by atoms with van der Waals surface area (Å²) >= 11 is 0. The van der Waals surface area contributed by atoms with E-state index in [9.17, 15) is 0 Å². The van der Waals surface area contributed by atoms with Gasteiger partial charge in [0.05, 0.1) is 0 Å². The zero-order valence-electron chi connectivity index (χ0n) is 14.0. The third kappa shape index (κ3) is 1790. The van der Waals surface area contributed by atoms with Crippen LogP contribution in [-0.4, -0.2) is 0 Å². The smallest absolute Gasteiger partial charge is 0 e. The van der Waals surface area contributed by atoms with Gasteiger partial charge in [-0.15, -0.1) is 0 Å². The minimum Gasteiger partial charge on any atom is -0.358 e.